The summed E-state index contributed by atoms with van der Waals surface area (Å²) >= 11 is 1.49. The van der Waals surface area contributed by atoms with Gasteiger partial charge in [0.1, 0.15) is 11.5 Å². The molecule has 34 heavy (non-hydrogen) atoms. The summed E-state index contributed by atoms with van der Waals surface area (Å²) in [5, 5.41) is 13.3. The van der Waals surface area contributed by atoms with Crippen molar-refractivity contribution in [2.75, 3.05) is 24.8 Å². The minimum Gasteiger partial charge on any atom is -0.497 e. The number of nitrogens with one attached hydrogen (secondary N) is 1. The molecular weight excluding hydrogens is 448 g/mol. The van der Waals surface area contributed by atoms with Crippen LogP contribution in [0.3, 0.4) is 0 Å². The molecule has 0 spiro atoms. The van der Waals surface area contributed by atoms with Gasteiger partial charge in [0.05, 0.1) is 26.0 Å². The van der Waals surface area contributed by atoms with Gasteiger partial charge in [-0.05, 0) is 48.7 Å². The lowest BCUT2D eigenvalue weighted by molar-refractivity contribution is 0.102. The van der Waals surface area contributed by atoms with Crippen molar-refractivity contribution >= 4 is 23.2 Å². The summed E-state index contributed by atoms with van der Waals surface area (Å²) in [5.41, 5.74) is 2.83. The molecule has 1 fully saturated rings. The number of carbonyl (C=O) groups excluding carboxylic acids is 1. The first kappa shape index (κ1) is 22.8. The third-order valence-electron chi connectivity index (χ3n) is 6.54. The van der Waals surface area contributed by atoms with Crippen LogP contribution in [0.15, 0.2) is 47.6 Å². The minimum atomic E-state index is 0.106. The first-order valence-electron chi connectivity index (χ1n) is 11.9. The highest BCUT2D eigenvalue weighted by molar-refractivity contribution is 7.99. The number of ether oxygens (including phenoxy) is 2. The van der Waals surface area contributed by atoms with Gasteiger partial charge in [-0.2, -0.15) is 0 Å². The lowest BCUT2D eigenvalue weighted by Crippen LogP contribution is -2.18. The summed E-state index contributed by atoms with van der Waals surface area (Å²) in [6.45, 7) is 1.26. The number of Topliss-reactive ketones (excluding diaryl/α,β-unsaturated/α-hetero) is 1. The lowest BCUT2D eigenvalue weighted by atomic mass is 9.95. The fourth-order valence-corrected chi connectivity index (χ4v) is 5.64. The van der Waals surface area contributed by atoms with Gasteiger partial charge in [-0.15, -0.1) is 10.2 Å². The number of ketones is 1. The van der Waals surface area contributed by atoms with Crippen molar-refractivity contribution in [3.63, 3.8) is 0 Å². The van der Waals surface area contributed by atoms with Gasteiger partial charge >= 0.3 is 0 Å². The second-order valence-corrected chi connectivity index (χ2v) is 9.72. The topological polar surface area (TPSA) is 78.3 Å². The Kier molecular flexibility index (Phi) is 7.04. The van der Waals surface area contributed by atoms with Crippen LogP contribution in [-0.4, -0.2) is 40.0 Å². The third-order valence-corrected chi connectivity index (χ3v) is 7.48. The molecule has 5 rings (SSSR count). The van der Waals surface area contributed by atoms with Crippen LogP contribution in [0.4, 0.5) is 5.69 Å². The van der Waals surface area contributed by atoms with E-state index >= 15 is 0 Å². The summed E-state index contributed by atoms with van der Waals surface area (Å²) in [4.78, 5) is 12.9. The molecule has 2 aromatic carbocycles. The van der Waals surface area contributed by atoms with Gasteiger partial charge < -0.3 is 19.4 Å². The van der Waals surface area contributed by atoms with Crippen LogP contribution in [-0.2, 0) is 13.0 Å². The van der Waals surface area contributed by atoms with Crippen molar-refractivity contribution < 1.29 is 14.3 Å². The van der Waals surface area contributed by atoms with Gasteiger partial charge in [-0.25, -0.2) is 0 Å². The van der Waals surface area contributed by atoms with Gasteiger partial charge in [0, 0.05) is 29.8 Å². The van der Waals surface area contributed by atoms with Crippen LogP contribution in [0.1, 0.15) is 59.9 Å². The molecule has 1 aliphatic heterocycles. The van der Waals surface area contributed by atoms with Crippen molar-refractivity contribution in [1.29, 1.82) is 0 Å². The molecule has 2 heterocycles. The molecule has 7 nitrogen and oxygen atoms in total. The van der Waals surface area contributed by atoms with Crippen molar-refractivity contribution in [3.05, 3.63) is 59.4 Å². The zero-order chi connectivity index (χ0) is 23.3. The fourth-order valence-electron chi connectivity index (χ4n) is 4.72. The first-order chi connectivity index (χ1) is 16.7. The van der Waals surface area contributed by atoms with Crippen LogP contribution in [0.2, 0.25) is 0 Å². The standard InChI is InChI=1S/C26H30N4O3S/c1-32-22-9-5-6-20(15-22)27-16-25-28-29-26(30(25)21-7-3-2-4-8-21)34-17-23(31)18-10-11-24-19(14-18)12-13-33-24/h5-6,9-11,14-15,21,27H,2-4,7-8,12-13,16-17H2,1H3. The van der Waals surface area contributed by atoms with Gasteiger partial charge in [-0.3, -0.25) is 4.79 Å². The third kappa shape index (κ3) is 5.06. The Morgan fingerprint density at radius 1 is 1.18 bits per heavy atom. The quantitative estimate of drug-likeness (QED) is 0.330. The number of nitrogens with zero attached hydrogens (tertiary/aromatic N) is 3. The number of fused-ring (bicyclic) bond motifs is 1. The number of carbonyl (C=O) groups is 1. The number of anilines is 1. The SMILES string of the molecule is COc1cccc(NCc2nnc(SCC(=O)c3ccc4c(c3)CCO4)n2C2CCCCC2)c1. The molecule has 0 radical (unpaired) electrons. The molecule has 178 valence electrons. The number of hydrogen-bond acceptors (Lipinski definition) is 7. The number of aromatic nitrogens is 3. The molecule has 0 atom stereocenters. The van der Waals surface area contributed by atoms with E-state index in [0.29, 0.717) is 24.9 Å². The Balaban J connectivity index is 1.31. The number of thioether (sulfide) groups is 1. The maximum absolute atomic E-state index is 12.9. The molecule has 0 saturated heterocycles. The summed E-state index contributed by atoms with van der Waals surface area (Å²) in [6.07, 6.45) is 6.81. The maximum Gasteiger partial charge on any atom is 0.191 e. The zero-order valence-corrected chi connectivity index (χ0v) is 20.3. The highest BCUT2D eigenvalue weighted by Crippen LogP contribution is 2.33. The highest BCUT2D eigenvalue weighted by Gasteiger charge is 2.24. The molecule has 1 saturated carbocycles. The second-order valence-electron chi connectivity index (χ2n) is 8.78. The summed E-state index contributed by atoms with van der Waals surface area (Å²) in [7, 11) is 1.67. The van der Waals surface area contributed by atoms with E-state index in [9.17, 15) is 4.79 Å². The van der Waals surface area contributed by atoms with Crippen LogP contribution in [0.25, 0.3) is 0 Å². The molecule has 1 aromatic heterocycles. The highest BCUT2D eigenvalue weighted by atomic mass is 32.2. The summed E-state index contributed by atoms with van der Waals surface area (Å²) in [6, 6.07) is 14.0. The van der Waals surface area contributed by atoms with Gasteiger partial charge in [0.25, 0.3) is 0 Å². The van der Waals surface area contributed by atoms with Crippen molar-refractivity contribution in [2.45, 2.75) is 56.3 Å². The molecule has 0 amide bonds. The summed E-state index contributed by atoms with van der Waals surface area (Å²) < 4.78 is 13.2. The average Bonchev–Trinajstić information content (AvgIpc) is 3.53. The molecule has 3 aromatic rings. The van der Waals surface area contributed by atoms with Crippen molar-refractivity contribution in [3.8, 4) is 11.5 Å². The van der Waals surface area contributed by atoms with E-state index in [1.807, 2.05) is 42.5 Å². The van der Waals surface area contributed by atoms with E-state index in [4.69, 9.17) is 9.47 Å². The largest absolute Gasteiger partial charge is 0.497 e. The van der Waals surface area contributed by atoms with E-state index in [1.165, 1.54) is 31.0 Å². The van der Waals surface area contributed by atoms with E-state index in [-0.39, 0.29) is 5.78 Å². The molecule has 1 N–H and O–H groups in total. The van der Waals surface area contributed by atoms with Gasteiger partial charge in [0.2, 0.25) is 0 Å². The van der Waals surface area contributed by atoms with E-state index in [1.54, 1.807) is 7.11 Å². The van der Waals surface area contributed by atoms with Crippen molar-refractivity contribution in [1.82, 2.24) is 14.8 Å². The van der Waals surface area contributed by atoms with Crippen LogP contribution >= 0.6 is 11.8 Å². The molecule has 0 unspecified atom stereocenters. The molecule has 1 aliphatic carbocycles. The van der Waals surface area contributed by atoms with Crippen LogP contribution in [0.5, 0.6) is 11.5 Å². The molecule has 8 heteroatoms. The first-order valence-corrected chi connectivity index (χ1v) is 12.9. The minimum absolute atomic E-state index is 0.106. The Bertz CT molecular complexity index is 1160. The molecule has 0 bridgehead atoms. The monoisotopic (exact) mass is 478 g/mol. The van der Waals surface area contributed by atoms with E-state index in [0.717, 1.165) is 58.6 Å². The lowest BCUT2D eigenvalue weighted by Gasteiger charge is -2.25. The second kappa shape index (κ2) is 10.5. The van der Waals surface area contributed by atoms with E-state index in [2.05, 4.69) is 20.1 Å². The van der Waals surface area contributed by atoms with Crippen molar-refractivity contribution in [2.24, 2.45) is 0 Å². The Labute approximate surface area is 204 Å². The van der Waals surface area contributed by atoms with Crippen LogP contribution in [0, 0.1) is 0 Å². The van der Waals surface area contributed by atoms with Crippen LogP contribution < -0.4 is 14.8 Å². The zero-order valence-electron chi connectivity index (χ0n) is 19.5. The number of hydrogen-bond donors (Lipinski definition) is 1. The predicted octanol–water partition coefficient (Wildman–Crippen LogP) is 5.31. The fraction of sp³-hybridized carbons (Fsp3) is 0.423. The van der Waals surface area contributed by atoms with Gasteiger partial charge in [-0.1, -0.05) is 37.1 Å². The van der Waals surface area contributed by atoms with Gasteiger partial charge in [0.15, 0.2) is 16.8 Å². The molecular formula is C26H30N4O3S. The maximum atomic E-state index is 12.9. The smallest absolute Gasteiger partial charge is 0.191 e. The molecule has 2 aliphatic rings. The van der Waals surface area contributed by atoms with E-state index < -0.39 is 0 Å². The Morgan fingerprint density at radius 3 is 2.91 bits per heavy atom. The Morgan fingerprint density at radius 2 is 2.06 bits per heavy atom. The number of rotatable bonds is 9. The normalized spacial score (nSPS) is 15.6. The predicted molar refractivity (Wildman–Crippen MR) is 133 cm³/mol. The summed E-state index contributed by atoms with van der Waals surface area (Å²) in [5.74, 6) is 3.06. The number of benzene rings is 2. The average molecular weight is 479 g/mol. The number of methoxy groups -OCH3 is 1. The Hall–Kier alpha value is -3.00.